The maximum atomic E-state index is 11.5. The zero-order valence-corrected chi connectivity index (χ0v) is 13.0. The summed E-state index contributed by atoms with van der Waals surface area (Å²) >= 11 is 12.8. The molecule has 0 unspecified atom stereocenters. The van der Waals surface area contributed by atoms with E-state index in [0.717, 1.165) is 13.0 Å². The summed E-state index contributed by atoms with van der Waals surface area (Å²) in [5, 5.41) is 0.164. The Morgan fingerprint density at radius 1 is 1.12 bits per heavy atom. The minimum absolute atomic E-state index is 0. The van der Waals surface area contributed by atoms with Crippen LogP contribution in [0.3, 0.4) is 0 Å². The van der Waals surface area contributed by atoms with Gasteiger partial charge in [0.15, 0.2) is 0 Å². The number of aryl methyl sites for hydroxylation is 1. The van der Waals surface area contributed by atoms with Gasteiger partial charge >= 0.3 is 0 Å². The van der Waals surface area contributed by atoms with Crippen molar-refractivity contribution in [2.45, 2.75) is 52.0 Å². The highest BCUT2D eigenvalue weighted by molar-refractivity contribution is 7.11. The van der Waals surface area contributed by atoms with Crippen LogP contribution in [0.25, 0.3) is 0 Å². The van der Waals surface area contributed by atoms with Crippen molar-refractivity contribution in [3.63, 3.8) is 0 Å². The predicted molar refractivity (Wildman–Crippen MR) is 79.2 cm³/mol. The van der Waals surface area contributed by atoms with Gasteiger partial charge in [-0.05, 0) is 18.0 Å². The molecule has 6 heteroatoms. The second-order valence-electron chi connectivity index (χ2n) is 3.85. The zero-order valence-electron chi connectivity index (χ0n) is 9.88. The highest BCUT2D eigenvalue weighted by Gasteiger charge is 2.10. The van der Waals surface area contributed by atoms with E-state index < -0.39 is 0 Å². The lowest BCUT2D eigenvalue weighted by molar-refractivity contribution is 0.569. The molecule has 0 amide bonds. The average Bonchev–Trinajstić information content (AvgIpc) is 2.51. The van der Waals surface area contributed by atoms with Gasteiger partial charge in [-0.25, -0.2) is 0 Å². The summed E-state index contributed by atoms with van der Waals surface area (Å²) in [5.74, 6) is 0. The van der Waals surface area contributed by atoms with E-state index in [9.17, 15) is 4.79 Å². The molecule has 1 rings (SSSR count). The van der Waals surface area contributed by atoms with Crippen molar-refractivity contribution in [2.75, 3.05) is 0 Å². The first-order valence-corrected chi connectivity index (χ1v) is 7.25. The number of hydrogen-bond acceptors (Lipinski definition) is 2. The molecule has 0 N–H and O–H groups in total. The molecule has 0 aliphatic heterocycles. The molecule has 0 saturated carbocycles. The van der Waals surface area contributed by atoms with Gasteiger partial charge in [0.2, 0.25) is 0 Å². The number of nitrogens with zero attached hydrogens (tertiary/aromatic N) is 1. The van der Waals surface area contributed by atoms with Gasteiger partial charge in [-0.3, -0.25) is 8.75 Å². The first-order valence-electron chi connectivity index (χ1n) is 5.72. The molecule has 0 fully saturated rings. The van der Waals surface area contributed by atoms with Crippen molar-refractivity contribution >= 4 is 47.1 Å². The van der Waals surface area contributed by atoms with Gasteiger partial charge in [0.05, 0.1) is 0 Å². The molecule has 1 heterocycles. The Kier molecular flexibility index (Phi) is 9.42. The standard InChI is InChI=1S/C11H17Cl2NOS.ClH/c1-2-3-4-5-6-7-8-14-11(15)9(12)10(13)16-14;/h2-8H2,1H3;1H. The third kappa shape index (κ3) is 5.64. The van der Waals surface area contributed by atoms with Gasteiger partial charge in [0.25, 0.3) is 5.56 Å². The highest BCUT2D eigenvalue weighted by atomic mass is 35.5. The van der Waals surface area contributed by atoms with Gasteiger partial charge in [-0.1, -0.05) is 62.2 Å². The molecular weight excluding hydrogens is 301 g/mol. The first kappa shape index (κ1) is 17.3. The van der Waals surface area contributed by atoms with E-state index in [4.69, 9.17) is 23.2 Å². The van der Waals surface area contributed by atoms with Crippen LogP contribution in [0.4, 0.5) is 0 Å². The Balaban J connectivity index is 0.00000256. The van der Waals surface area contributed by atoms with Crippen molar-refractivity contribution in [1.29, 1.82) is 0 Å². The van der Waals surface area contributed by atoms with E-state index >= 15 is 0 Å². The third-order valence-electron chi connectivity index (χ3n) is 2.49. The second kappa shape index (κ2) is 9.26. The van der Waals surface area contributed by atoms with Crippen molar-refractivity contribution in [3.05, 3.63) is 19.7 Å². The molecule has 1 aromatic heterocycles. The van der Waals surface area contributed by atoms with E-state index in [-0.39, 0.29) is 23.0 Å². The molecule has 100 valence electrons. The number of halogens is 3. The van der Waals surface area contributed by atoms with Crippen molar-refractivity contribution in [3.8, 4) is 0 Å². The van der Waals surface area contributed by atoms with Crippen LogP contribution >= 0.6 is 47.1 Å². The maximum absolute atomic E-state index is 11.5. The van der Waals surface area contributed by atoms with Crippen LogP contribution in [0.15, 0.2) is 4.79 Å². The molecule has 0 radical (unpaired) electrons. The Hall–Kier alpha value is 0.300. The summed E-state index contributed by atoms with van der Waals surface area (Å²) in [6.45, 7) is 2.94. The van der Waals surface area contributed by atoms with Gasteiger partial charge < -0.3 is 0 Å². The monoisotopic (exact) mass is 317 g/mol. The SMILES string of the molecule is CCCCCCCCn1sc(Cl)c(Cl)c1=O.Cl. The van der Waals surface area contributed by atoms with Crippen molar-refractivity contribution in [2.24, 2.45) is 0 Å². The fourth-order valence-electron chi connectivity index (χ4n) is 1.55. The molecule has 0 aliphatic rings. The van der Waals surface area contributed by atoms with Crippen LogP contribution in [0.5, 0.6) is 0 Å². The number of unbranched alkanes of at least 4 members (excludes halogenated alkanes) is 5. The van der Waals surface area contributed by atoms with Crippen molar-refractivity contribution in [1.82, 2.24) is 3.96 Å². The van der Waals surface area contributed by atoms with E-state index in [1.807, 2.05) is 0 Å². The molecule has 0 spiro atoms. The Bertz CT molecular complexity index is 375. The minimum atomic E-state index is -0.148. The third-order valence-corrected chi connectivity index (χ3v) is 4.38. The highest BCUT2D eigenvalue weighted by Crippen LogP contribution is 2.23. The fraction of sp³-hybridized carbons (Fsp3) is 0.727. The first-order chi connectivity index (χ1) is 7.66. The number of rotatable bonds is 7. The summed E-state index contributed by atoms with van der Waals surface area (Å²) in [6, 6.07) is 0. The minimum Gasteiger partial charge on any atom is -0.267 e. The summed E-state index contributed by atoms with van der Waals surface area (Å²) in [5.41, 5.74) is -0.148. The van der Waals surface area contributed by atoms with Crippen LogP contribution in [-0.2, 0) is 6.54 Å². The second-order valence-corrected chi connectivity index (χ2v) is 5.87. The maximum Gasteiger partial charge on any atom is 0.280 e. The van der Waals surface area contributed by atoms with Crippen LogP contribution in [-0.4, -0.2) is 3.96 Å². The molecule has 17 heavy (non-hydrogen) atoms. The number of hydrogen-bond donors (Lipinski definition) is 0. The topological polar surface area (TPSA) is 22.0 Å². The van der Waals surface area contributed by atoms with Crippen molar-refractivity contribution < 1.29 is 0 Å². The quantitative estimate of drug-likeness (QED) is 0.648. The van der Waals surface area contributed by atoms with Gasteiger partial charge in [0.1, 0.15) is 9.36 Å². The van der Waals surface area contributed by atoms with Gasteiger partial charge in [-0.2, -0.15) is 0 Å². The predicted octanol–water partition coefficient (Wildman–Crippen LogP) is 5.00. The van der Waals surface area contributed by atoms with E-state index in [1.165, 1.54) is 43.6 Å². The molecule has 0 aliphatic carbocycles. The summed E-state index contributed by atoms with van der Waals surface area (Å²) < 4.78 is 2.04. The lowest BCUT2D eigenvalue weighted by atomic mass is 10.1. The molecule has 0 atom stereocenters. The molecule has 1 aromatic rings. The molecule has 0 bridgehead atoms. The summed E-state index contributed by atoms with van der Waals surface area (Å²) in [4.78, 5) is 11.5. The normalized spacial score (nSPS) is 10.3. The molecule has 0 saturated heterocycles. The average molecular weight is 319 g/mol. The Morgan fingerprint density at radius 2 is 1.71 bits per heavy atom. The lowest BCUT2D eigenvalue weighted by Crippen LogP contribution is -2.13. The Morgan fingerprint density at radius 3 is 2.24 bits per heavy atom. The lowest BCUT2D eigenvalue weighted by Gasteiger charge is -2.00. The smallest absolute Gasteiger partial charge is 0.267 e. The van der Waals surface area contributed by atoms with Crippen LogP contribution in [0.2, 0.25) is 9.36 Å². The van der Waals surface area contributed by atoms with E-state index in [1.54, 1.807) is 3.96 Å². The molecular formula is C11H18Cl3NOS. The largest absolute Gasteiger partial charge is 0.280 e. The fourth-order valence-corrected chi connectivity index (χ4v) is 2.90. The number of aromatic nitrogens is 1. The molecule has 0 aromatic carbocycles. The Labute approximate surface area is 122 Å². The zero-order chi connectivity index (χ0) is 12.0. The van der Waals surface area contributed by atoms with E-state index in [2.05, 4.69) is 6.92 Å². The summed E-state index contributed by atoms with van der Waals surface area (Å²) in [6.07, 6.45) is 7.29. The summed E-state index contributed by atoms with van der Waals surface area (Å²) in [7, 11) is 0. The van der Waals surface area contributed by atoms with E-state index in [0.29, 0.717) is 4.34 Å². The van der Waals surface area contributed by atoms with Gasteiger partial charge in [0, 0.05) is 6.54 Å². The molecule has 2 nitrogen and oxygen atoms in total. The van der Waals surface area contributed by atoms with Crippen LogP contribution in [0.1, 0.15) is 45.4 Å². The van der Waals surface area contributed by atoms with Crippen LogP contribution < -0.4 is 5.56 Å². The van der Waals surface area contributed by atoms with Gasteiger partial charge in [-0.15, -0.1) is 12.4 Å². The van der Waals surface area contributed by atoms with Crippen LogP contribution in [0, 0.1) is 0 Å².